The van der Waals surface area contributed by atoms with Crippen LogP contribution in [0.15, 0.2) is 233 Å². The highest BCUT2D eigenvalue weighted by molar-refractivity contribution is 6.13. The Labute approximate surface area is 421 Å². The summed E-state index contributed by atoms with van der Waals surface area (Å²) in [6.45, 7) is 14.6. The van der Waals surface area contributed by atoms with E-state index >= 15 is 0 Å². The summed E-state index contributed by atoms with van der Waals surface area (Å²) < 4.78 is 13.2. The lowest BCUT2D eigenvalue weighted by Crippen LogP contribution is -2.42. The van der Waals surface area contributed by atoms with Crippen LogP contribution in [0.3, 0.4) is 0 Å². The smallest absolute Gasteiger partial charge is 0.143 e. The normalized spacial score (nSPS) is 14.6. The molecule has 0 spiro atoms. The maximum absolute atomic E-state index is 6.73. The van der Waals surface area contributed by atoms with Gasteiger partial charge in [0.15, 0.2) is 0 Å². The lowest BCUT2D eigenvalue weighted by Gasteiger charge is -2.44. The van der Waals surface area contributed by atoms with E-state index in [1.54, 1.807) is 0 Å². The standard InChI is InChI=1S/C69H55NO2/c1-67(2)60-42-58(59(43-61(60)68(3,4)69(67,5)6)49-33-40-57-64(41-49)71-63-26-16-22-53(65(57)63)46-19-11-8-12-20-46)48-31-38-52(39-32-48)70(50-34-27-45(28-35-50)44-17-9-7-10-18-44)51-36-29-47(30-37-51)54-23-15-24-56-55-21-13-14-25-62(55)72-66(54)56/h7-43H,1-6H3. The molecule has 0 N–H and O–H groups in total. The predicted molar refractivity (Wildman–Crippen MR) is 303 cm³/mol. The Kier molecular flexibility index (Phi) is 9.89. The fraction of sp³-hybridized carbons (Fsp3) is 0.130. The molecule has 348 valence electrons. The number of hydrogen-bond acceptors (Lipinski definition) is 3. The van der Waals surface area contributed by atoms with Gasteiger partial charge in [-0.3, -0.25) is 0 Å². The van der Waals surface area contributed by atoms with Gasteiger partial charge in [0.1, 0.15) is 22.3 Å². The third kappa shape index (κ3) is 6.71. The SMILES string of the molecule is CC1(C)c2cc(-c3ccc(N(c4ccc(-c5ccccc5)cc4)c4ccc(-c5cccc6c5oc5ccccc56)cc4)cc3)c(-c3ccc4c(c3)oc3cccc(-c5ccccc5)c34)cc2C(C)(C)C1(C)C. The first-order chi connectivity index (χ1) is 35.0. The first-order valence-electron chi connectivity index (χ1n) is 25.2. The Morgan fingerprint density at radius 1 is 0.306 bits per heavy atom. The highest BCUT2D eigenvalue weighted by Gasteiger charge is 2.57. The molecule has 72 heavy (non-hydrogen) atoms. The van der Waals surface area contributed by atoms with E-state index in [0.717, 1.165) is 77.6 Å². The second-order valence-corrected chi connectivity index (χ2v) is 21.3. The van der Waals surface area contributed by atoms with Gasteiger partial charge >= 0.3 is 0 Å². The fourth-order valence-corrected chi connectivity index (χ4v) is 11.9. The molecule has 0 bridgehead atoms. The zero-order chi connectivity index (χ0) is 48.9. The van der Waals surface area contributed by atoms with E-state index in [0.29, 0.717) is 0 Å². The summed E-state index contributed by atoms with van der Waals surface area (Å²) in [6, 6.07) is 81.2. The highest BCUT2D eigenvalue weighted by atomic mass is 16.3. The fourth-order valence-electron chi connectivity index (χ4n) is 11.9. The van der Waals surface area contributed by atoms with Crippen LogP contribution in [0, 0.1) is 5.41 Å². The van der Waals surface area contributed by atoms with E-state index in [-0.39, 0.29) is 16.2 Å². The first-order valence-corrected chi connectivity index (χ1v) is 25.2. The number of anilines is 3. The van der Waals surface area contributed by atoms with Crippen LogP contribution in [0.4, 0.5) is 17.1 Å². The van der Waals surface area contributed by atoms with Crippen LogP contribution in [0.1, 0.15) is 52.7 Å². The van der Waals surface area contributed by atoms with E-state index in [4.69, 9.17) is 8.83 Å². The minimum absolute atomic E-state index is 0.00327. The summed E-state index contributed by atoms with van der Waals surface area (Å²) >= 11 is 0. The third-order valence-electron chi connectivity index (χ3n) is 17.0. The van der Waals surface area contributed by atoms with E-state index in [2.05, 4.69) is 259 Å². The van der Waals surface area contributed by atoms with Gasteiger partial charge in [-0.2, -0.15) is 0 Å². The average molecular weight is 930 g/mol. The number of furan rings is 2. The van der Waals surface area contributed by atoms with Crippen LogP contribution in [0.2, 0.25) is 0 Å². The largest absolute Gasteiger partial charge is 0.456 e. The van der Waals surface area contributed by atoms with Crippen molar-refractivity contribution in [3.05, 3.63) is 236 Å². The van der Waals surface area contributed by atoms with Crippen LogP contribution in [-0.4, -0.2) is 0 Å². The molecule has 2 aromatic heterocycles. The Hall–Kier alpha value is -8.40. The second kappa shape index (κ2) is 16.3. The minimum Gasteiger partial charge on any atom is -0.456 e. The van der Waals surface area contributed by atoms with Crippen LogP contribution in [0.25, 0.3) is 99.5 Å². The number of para-hydroxylation sites is 2. The molecule has 0 fully saturated rings. The minimum atomic E-state index is -0.0691. The van der Waals surface area contributed by atoms with Crippen molar-refractivity contribution in [3.8, 4) is 55.6 Å². The number of nitrogens with zero attached hydrogens (tertiary/aromatic N) is 1. The van der Waals surface area contributed by atoms with Gasteiger partial charge in [0.25, 0.3) is 0 Å². The molecule has 3 nitrogen and oxygen atoms in total. The molecule has 0 unspecified atom stereocenters. The topological polar surface area (TPSA) is 29.5 Å². The summed E-state index contributed by atoms with van der Waals surface area (Å²) in [4.78, 5) is 2.36. The zero-order valence-corrected chi connectivity index (χ0v) is 41.6. The van der Waals surface area contributed by atoms with Crippen LogP contribution in [0.5, 0.6) is 0 Å². The van der Waals surface area contributed by atoms with Gasteiger partial charge in [-0.1, -0.05) is 193 Å². The number of fused-ring (bicyclic) bond motifs is 7. The molecule has 13 rings (SSSR count). The van der Waals surface area contributed by atoms with Gasteiger partial charge in [-0.05, 0) is 150 Å². The molecule has 0 saturated carbocycles. The van der Waals surface area contributed by atoms with Crippen molar-refractivity contribution in [3.63, 3.8) is 0 Å². The molecule has 0 amide bonds. The molecule has 3 heteroatoms. The van der Waals surface area contributed by atoms with Gasteiger partial charge in [0.2, 0.25) is 0 Å². The lowest BCUT2D eigenvalue weighted by atomic mass is 9.59. The van der Waals surface area contributed by atoms with Gasteiger partial charge < -0.3 is 13.7 Å². The molecule has 1 aliphatic rings. The van der Waals surface area contributed by atoms with Gasteiger partial charge in [0.05, 0.1) is 0 Å². The first kappa shape index (κ1) is 43.6. The lowest BCUT2D eigenvalue weighted by molar-refractivity contribution is 0.125. The molecule has 0 saturated heterocycles. The van der Waals surface area contributed by atoms with Crippen LogP contribution < -0.4 is 4.90 Å². The average Bonchev–Trinajstić information content (AvgIpc) is 4.02. The van der Waals surface area contributed by atoms with E-state index in [1.807, 2.05) is 12.1 Å². The molecule has 0 radical (unpaired) electrons. The Morgan fingerprint density at radius 2 is 0.764 bits per heavy atom. The summed E-state index contributed by atoms with van der Waals surface area (Å²) in [7, 11) is 0. The molecule has 12 aromatic rings. The molecule has 10 aromatic carbocycles. The van der Waals surface area contributed by atoms with Crippen molar-refractivity contribution in [1.82, 2.24) is 0 Å². The zero-order valence-electron chi connectivity index (χ0n) is 41.6. The molecule has 1 aliphatic carbocycles. The van der Waals surface area contributed by atoms with E-state index < -0.39 is 0 Å². The van der Waals surface area contributed by atoms with E-state index in [1.165, 1.54) is 50.1 Å². The molecular weight excluding hydrogens is 875 g/mol. The van der Waals surface area contributed by atoms with Crippen molar-refractivity contribution in [2.24, 2.45) is 5.41 Å². The van der Waals surface area contributed by atoms with E-state index in [9.17, 15) is 0 Å². The second-order valence-electron chi connectivity index (χ2n) is 21.3. The van der Waals surface area contributed by atoms with Gasteiger partial charge in [-0.15, -0.1) is 0 Å². The Balaban J connectivity index is 0.936. The Bertz CT molecular complexity index is 4020. The quantitative estimate of drug-likeness (QED) is 0.152. The van der Waals surface area contributed by atoms with Crippen molar-refractivity contribution >= 4 is 60.9 Å². The summed E-state index contributed by atoms with van der Waals surface area (Å²) in [5.41, 5.74) is 21.2. The van der Waals surface area contributed by atoms with Crippen molar-refractivity contribution in [2.45, 2.75) is 52.4 Å². The van der Waals surface area contributed by atoms with Crippen molar-refractivity contribution < 1.29 is 8.83 Å². The number of hydrogen-bond donors (Lipinski definition) is 0. The summed E-state index contributed by atoms with van der Waals surface area (Å²) in [5, 5.41) is 4.53. The van der Waals surface area contributed by atoms with Crippen LogP contribution >= 0.6 is 0 Å². The van der Waals surface area contributed by atoms with Crippen LogP contribution in [-0.2, 0) is 10.8 Å². The van der Waals surface area contributed by atoms with Gasteiger partial charge in [-0.25, -0.2) is 0 Å². The number of benzene rings is 10. The summed E-state index contributed by atoms with van der Waals surface area (Å²) in [6.07, 6.45) is 0. The third-order valence-corrected chi connectivity index (χ3v) is 17.0. The predicted octanol–water partition coefficient (Wildman–Crippen LogP) is 19.9. The summed E-state index contributed by atoms with van der Waals surface area (Å²) in [5.74, 6) is 0. The highest BCUT2D eigenvalue weighted by Crippen LogP contribution is 2.63. The maximum atomic E-state index is 6.73. The number of rotatable bonds is 8. The molecule has 0 aliphatic heterocycles. The molecular formula is C69H55NO2. The van der Waals surface area contributed by atoms with Crippen molar-refractivity contribution in [1.29, 1.82) is 0 Å². The van der Waals surface area contributed by atoms with Gasteiger partial charge in [0, 0.05) is 44.2 Å². The van der Waals surface area contributed by atoms with Crippen molar-refractivity contribution in [2.75, 3.05) is 4.90 Å². The Morgan fingerprint density at radius 3 is 1.40 bits per heavy atom. The maximum Gasteiger partial charge on any atom is 0.143 e. The molecule has 2 heterocycles. The molecule has 0 atom stereocenters. The monoisotopic (exact) mass is 929 g/mol.